The van der Waals surface area contributed by atoms with Crippen LogP contribution in [0.1, 0.15) is 40.3 Å². The van der Waals surface area contributed by atoms with E-state index in [1.165, 1.54) is 0 Å². The summed E-state index contributed by atoms with van der Waals surface area (Å²) in [4.78, 5) is 10.4. The number of nitrogens with zero attached hydrogens (tertiary/aromatic N) is 2. The first kappa shape index (κ1) is 19.2. The van der Waals surface area contributed by atoms with E-state index in [9.17, 15) is 15.6 Å². The molecule has 3 aromatic carbocycles. The van der Waals surface area contributed by atoms with Crippen LogP contribution in [0.25, 0.3) is 22.3 Å². The molecule has 0 heterocycles. The number of aryl methyl sites for hydroxylation is 2. The highest BCUT2D eigenvalue weighted by Gasteiger charge is 2.31. The molecule has 152 valence electrons. The predicted molar refractivity (Wildman–Crippen MR) is 115 cm³/mol. The number of hydrogen-bond donors (Lipinski definition) is 1. The largest absolute Gasteiger partial charge is 0.508 e. The van der Waals surface area contributed by atoms with Gasteiger partial charge >= 0.3 is 0 Å². The van der Waals surface area contributed by atoms with Gasteiger partial charge in [-0.3, -0.25) is 0 Å². The van der Waals surface area contributed by atoms with E-state index in [1.807, 2.05) is 31.2 Å². The van der Waals surface area contributed by atoms with Crippen LogP contribution >= 0.6 is 0 Å². The van der Waals surface area contributed by atoms with Crippen molar-refractivity contribution in [2.24, 2.45) is 0 Å². The Morgan fingerprint density at radius 3 is 2.00 bits per heavy atom. The van der Waals surface area contributed by atoms with E-state index in [1.54, 1.807) is 12.1 Å². The molecule has 0 atom stereocenters. The molecule has 0 fully saturated rings. The van der Waals surface area contributed by atoms with Crippen LogP contribution < -0.4 is 4.89 Å². The Balaban J connectivity index is 1.83. The van der Waals surface area contributed by atoms with Crippen LogP contribution in [-0.2, 0) is 30.6 Å². The fourth-order valence-corrected chi connectivity index (χ4v) is 4.94. The van der Waals surface area contributed by atoms with Crippen molar-refractivity contribution >= 4 is 0 Å². The standard InChI is InChI=1S/C26H20N2O3/c1-2-30-31-18-6-10-20-16(12-18)4-8-22-24(14-28)23(13-27)21-7-3-15-11-17(29)5-9-19(15)25(21)26(20)22/h5-6,9-12,29H,2-4,7-8H2,1H3. The van der Waals surface area contributed by atoms with Crippen LogP contribution in [0.4, 0.5) is 0 Å². The van der Waals surface area contributed by atoms with E-state index in [0.717, 1.165) is 57.3 Å². The summed E-state index contributed by atoms with van der Waals surface area (Å²) < 4.78 is 0. The van der Waals surface area contributed by atoms with Gasteiger partial charge in [0.25, 0.3) is 0 Å². The Hall–Kier alpha value is -3.80. The van der Waals surface area contributed by atoms with E-state index in [-0.39, 0.29) is 5.75 Å². The fourth-order valence-electron chi connectivity index (χ4n) is 4.94. The van der Waals surface area contributed by atoms with Crippen molar-refractivity contribution in [1.29, 1.82) is 10.5 Å². The van der Waals surface area contributed by atoms with E-state index < -0.39 is 0 Å². The molecule has 0 aliphatic heterocycles. The first-order chi connectivity index (χ1) is 15.2. The summed E-state index contributed by atoms with van der Waals surface area (Å²) in [6, 6.07) is 15.9. The molecule has 0 bridgehead atoms. The van der Waals surface area contributed by atoms with Gasteiger partial charge in [0.05, 0.1) is 17.7 Å². The summed E-state index contributed by atoms with van der Waals surface area (Å²) in [6.45, 7) is 2.33. The molecule has 5 nitrogen and oxygen atoms in total. The zero-order valence-corrected chi connectivity index (χ0v) is 17.2. The lowest BCUT2D eigenvalue weighted by Gasteiger charge is -2.30. The molecule has 0 unspecified atom stereocenters. The van der Waals surface area contributed by atoms with Crippen LogP contribution in [0.5, 0.6) is 11.5 Å². The topological polar surface area (TPSA) is 86.3 Å². The van der Waals surface area contributed by atoms with Crippen molar-refractivity contribution < 1.29 is 14.9 Å². The van der Waals surface area contributed by atoms with Gasteiger partial charge in [0, 0.05) is 0 Å². The van der Waals surface area contributed by atoms with Gasteiger partial charge in [-0.25, -0.2) is 0 Å². The second kappa shape index (κ2) is 7.47. The molecule has 2 aliphatic carbocycles. The SMILES string of the molecule is CCOOc1ccc2c(c1)CCc1c(C#N)c(C#N)c3c(c1-2)-c1ccc(O)cc1CC3. The number of nitriles is 2. The average Bonchev–Trinajstić information content (AvgIpc) is 2.80. The lowest BCUT2D eigenvalue weighted by atomic mass is 9.72. The molecule has 0 saturated heterocycles. The highest BCUT2D eigenvalue weighted by molar-refractivity contribution is 5.95. The van der Waals surface area contributed by atoms with Crippen molar-refractivity contribution in [2.75, 3.05) is 6.61 Å². The molecular formula is C26H20N2O3. The molecule has 0 saturated carbocycles. The molecule has 5 rings (SSSR count). The van der Waals surface area contributed by atoms with Crippen LogP contribution in [0.2, 0.25) is 0 Å². The monoisotopic (exact) mass is 408 g/mol. The molecule has 0 spiro atoms. The smallest absolute Gasteiger partial charge is 0.165 e. The third-order valence-corrected chi connectivity index (χ3v) is 6.20. The highest BCUT2D eigenvalue weighted by Crippen LogP contribution is 2.49. The third kappa shape index (κ3) is 2.94. The number of fused-ring (bicyclic) bond motifs is 7. The van der Waals surface area contributed by atoms with Gasteiger partial charge in [-0.05, 0) is 101 Å². The zero-order chi connectivity index (χ0) is 21.5. The molecular weight excluding hydrogens is 388 g/mol. The summed E-state index contributed by atoms with van der Waals surface area (Å²) in [6.07, 6.45) is 2.83. The minimum atomic E-state index is 0.239. The van der Waals surface area contributed by atoms with Crippen molar-refractivity contribution in [3.8, 4) is 45.9 Å². The number of aromatic hydroxyl groups is 1. The number of phenolic OH excluding ortho intramolecular Hbond substituents is 1. The molecule has 3 aromatic rings. The average molecular weight is 408 g/mol. The van der Waals surface area contributed by atoms with Gasteiger partial charge < -0.3 is 9.99 Å². The second-order valence-corrected chi connectivity index (χ2v) is 7.83. The summed E-state index contributed by atoms with van der Waals surface area (Å²) in [7, 11) is 0. The first-order valence-corrected chi connectivity index (χ1v) is 10.4. The molecule has 0 amide bonds. The Morgan fingerprint density at radius 2 is 1.42 bits per heavy atom. The highest BCUT2D eigenvalue weighted by atomic mass is 17.2. The maximum absolute atomic E-state index is 10.00. The first-order valence-electron chi connectivity index (χ1n) is 10.4. The quantitative estimate of drug-likeness (QED) is 0.487. The molecule has 1 N–H and O–H groups in total. The summed E-state index contributed by atoms with van der Waals surface area (Å²) in [5.74, 6) is 0.890. The lowest BCUT2D eigenvalue weighted by molar-refractivity contribution is -0.202. The second-order valence-electron chi connectivity index (χ2n) is 7.83. The van der Waals surface area contributed by atoms with Gasteiger partial charge in [-0.2, -0.15) is 15.4 Å². The van der Waals surface area contributed by atoms with E-state index in [4.69, 9.17) is 9.78 Å². The third-order valence-electron chi connectivity index (χ3n) is 6.20. The summed E-state index contributed by atoms with van der Waals surface area (Å²) >= 11 is 0. The molecule has 31 heavy (non-hydrogen) atoms. The van der Waals surface area contributed by atoms with Crippen LogP contribution in [-0.4, -0.2) is 11.7 Å². The molecule has 0 aromatic heterocycles. The minimum Gasteiger partial charge on any atom is -0.508 e. The lowest BCUT2D eigenvalue weighted by Crippen LogP contribution is -2.15. The number of rotatable bonds is 3. The van der Waals surface area contributed by atoms with E-state index in [2.05, 4.69) is 12.1 Å². The summed E-state index contributed by atoms with van der Waals surface area (Å²) in [5.41, 5.74) is 9.18. The van der Waals surface area contributed by atoms with E-state index >= 15 is 0 Å². The van der Waals surface area contributed by atoms with Crippen molar-refractivity contribution in [1.82, 2.24) is 0 Å². The minimum absolute atomic E-state index is 0.239. The number of hydrogen-bond acceptors (Lipinski definition) is 5. The van der Waals surface area contributed by atoms with Crippen molar-refractivity contribution in [3.63, 3.8) is 0 Å². The maximum atomic E-state index is 10.00. The van der Waals surface area contributed by atoms with Crippen LogP contribution in [0.3, 0.4) is 0 Å². The molecule has 5 heteroatoms. The van der Waals surface area contributed by atoms with Crippen molar-refractivity contribution in [3.05, 3.63) is 69.8 Å². The zero-order valence-electron chi connectivity index (χ0n) is 17.2. The van der Waals surface area contributed by atoms with Gasteiger partial charge in [0.15, 0.2) is 5.75 Å². The van der Waals surface area contributed by atoms with Gasteiger partial charge in [-0.1, -0.05) is 12.1 Å². The van der Waals surface area contributed by atoms with Gasteiger partial charge in [-0.15, -0.1) is 0 Å². The number of benzene rings is 3. The normalized spacial score (nSPS) is 13.1. The van der Waals surface area contributed by atoms with Gasteiger partial charge in [0.2, 0.25) is 0 Å². The van der Waals surface area contributed by atoms with Crippen molar-refractivity contribution in [2.45, 2.75) is 32.6 Å². The maximum Gasteiger partial charge on any atom is 0.165 e. The molecule has 0 radical (unpaired) electrons. The Labute approximate surface area is 180 Å². The van der Waals surface area contributed by atoms with E-state index in [0.29, 0.717) is 36.3 Å². The van der Waals surface area contributed by atoms with Crippen LogP contribution in [0, 0.1) is 22.7 Å². The Morgan fingerprint density at radius 1 is 0.839 bits per heavy atom. The number of phenols is 1. The Kier molecular flexibility index (Phi) is 4.62. The van der Waals surface area contributed by atoms with Crippen LogP contribution in [0.15, 0.2) is 36.4 Å². The fraction of sp³-hybridized carbons (Fsp3) is 0.231. The molecule has 2 aliphatic rings. The predicted octanol–water partition coefficient (Wildman–Crippen LogP) is 5.00. The summed E-state index contributed by atoms with van der Waals surface area (Å²) in [5, 5.41) is 29.9. The Bertz CT molecular complexity index is 1310. The van der Waals surface area contributed by atoms with Gasteiger partial charge in [0.1, 0.15) is 17.9 Å².